The number of carbonyl (C=O) groups excluding carboxylic acids is 1. The number of halogens is 2. The number of benzene rings is 1. The van der Waals surface area contributed by atoms with E-state index in [1.165, 1.54) is 34.7 Å². The normalized spacial score (nSPS) is 14.1. The lowest BCUT2D eigenvalue weighted by atomic mass is 10.1. The molecule has 3 heterocycles. The minimum absolute atomic E-state index is 0.0425. The largest absolute Gasteiger partial charge is 0.366 e. The fourth-order valence-electron chi connectivity index (χ4n) is 4.30. The van der Waals surface area contributed by atoms with Gasteiger partial charge < -0.3 is 9.80 Å². The highest BCUT2D eigenvalue weighted by molar-refractivity contribution is 8.03. The Kier molecular flexibility index (Phi) is 7.77. The van der Waals surface area contributed by atoms with E-state index in [0.717, 1.165) is 0 Å². The molecule has 0 aliphatic carbocycles. The van der Waals surface area contributed by atoms with Crippen LogP contribution in [0.2, 0.25) is 5.02 Å². The van der Waals surface area contributed by atoms with E-state index in [2.05, 4.69) is 17.6 Å². The Morgan fingerprint density at radius 1 is 1.31 bits per heavy atom. The van der Waals surface area contributed by atoms with Crippen molar-refractivity contribution in [2.24, 2.45) is 0 Å². The molecular formula is C26H23ClFN5O2S. The minimum atomic E-state index is -0.517. The fraction of sp³-hybridized carbons (Fsp3) is 0.231. The Labute approximate surface area is 217 Å². The van der Waals surface area contributed by atoms with E-state index in [1.807, 2.05) is 11.2 Å². The number of hydrogen-bond acceptors (Lipinski definition) is 6. The smallest absolute Gasteiger partial charge is 0.272 e. The van der Waals surface area contributed by atoms with E-state index < -0.39 is 11.4 Å². The van der Waals surface area contributed by atoms with Crippen LogP contribution < -0.4 is 10.5 Å². The Bertz CT molecular complexity index is 1470. The summed E-state index contributed by atoms with van der Waals surface area (Å²) in [6.45, 7) is 5.39. The molecule has 0 bridgehead atoms. The third-order valence-electron chi connectivity index (χ3n) is 5.96. The predicted octanol–water partition coefficient (Wildman–Crippen LogP) is 4.19. The summed E-state index contributed by atoms with van der Waals surface area (Å²) in [6.07, 6.45) is 6.55. The second kappa shape index (κ2) is 11.0. The van der Waals surface area contributed by atoms with Crippen LogP contribution in [0.4, 0.5) is 10.1 Å². The molecule has 4 rings (SSSR count). The van der Waals surface area contributed by atoms with Gasteiger partial charge in [-0.25, -0.2) is 9.37 Å². The number of aromatic nitrogens is 2. The van der Waals surface area contributed by atoms with Crippen molar-refractivity contribution in [3.8, 4) is 6.07 Å². The molecule has 0 radical (unpaired) electrons. The van der Waals surface area contributed by atoms with Gasteiger partial charge in [0, 0.05) is 37.8 Å². The van der Waals surface area contributed by atoms with Gasteiger partial charge in [0.05, 0.1) is 22.2 Å². The van der Waals surface area contributed by atoms with Crippen LogP contribution in [0.5, 0.6) is 0 Å². The molecule has 2 aromatic heterocycles. The average molecular weight is 524 g/mol. The highest BCUT2D eigenvalue weighted by atomic mass is 35.5. The van der Waals surface area contributed by atoms with Gasteiger partial charge in [-0.2, -0.15) is 5.26 Å². The quantitative estimate of drug-likeness (QED) is 0.356. The van der Waals surface area contributed by atoms with E-state index >= 15 is 0 Å². The van der Waals surface area contributed by atoms with E-state index in [1.54, 1.807) is 35.3 Å². The Morgan fingerprint density at radius 2 is 2.06 bits per heavy atom. The molecule has 1 saturated heterocycles. The molecule has 1 aliphatic heterocycles. The SMILES string of the molecule is C=C/C=C(\SC)C(=O)N1CCN(c2c(C#N)c(=O)n(Cc3cccc(F)c3)c3ncc(Cl)cc23)CC1. The number of carbonyl (C=O) groups is 1. The molecule has 1 aromatic carbocycles. The first-order valence-electron chi connectivity index (χ1n) is 11.2. The first-order chi connectivity index (χ1) is 17.4. The van der Waals surface area contributed by atoms with Crippen molar-refractivity contribution in [2.45, 2.75) is 6.54 Å². The highest BCUT2D eigenvalue weighted by Crippen LogP contribution is 2.31. The van der Waals surface area contributed by atoms with Crippen molar-refractivity contribution in [3.63, 3.8) is 0 Å². The van der Waals surface area contributed by atoms with E-state index in [0.29, 0.717) is 58.4 Å². The zero-order chi connectivity index (χ0) is 25.8. The van der Waals surface area contributed by atoms with Gasteiger partial charge in [-0.1, -0.05) is 36.4 Å². The molecule has 36 heavy (non-hydrogen) atoms. The van der Waals surface area contributed by atoms with Gasteiger partial charge in [-0.05, 0) is 36.1 Å². The number of thioether (sulfide) groups is 1. The number of allylic oxidation sites excluding steroid dienone is 2. The molecule has 1 fully saturated rings. The monoisotopic (exact) mass is 523 g/mol. The molecule has 0 atom stereocenters. The summed E-state index contributed by atoms with van der Waals surface area (Å²) in [6, 6.07) is 9.68. The first kappa shape index (κ1) is 25.5. The van der Waals surface area contributed by atoms with Crippen LogP contribution in [0.1, 0.15) is 11.1 Å². The lowest BCUT2D eigenvalue weighted by Gasteiger charge is -2.37. The lowest BCUT2D eigenvalue weighted by Crippen LogP contribution is -2.49. The number of anilines is 1. The molecule has 7 nitrogen and oxygen atoms in total. The molecule has 10 heteroatoms. The van der Waals surface area contributed by atoms with Crippen molar-refractivity contribution < 1.29 is 9.18 Å². The number of amides is 1. The fourth-order valence-corrected chi connectivity index (χ4v) is 5.00. The van der Waals surface area contributed by atoms with Crippen LogP contribution in [-0.2, 0) is 11.3 Å². The maximum absolute atomic E-state index is 13.8. The maximum Gasteiger partial charge on any atom is 0.272 e. The third-order valence-corrected chi connectivity index (χ3v) is 6.92. The second-order valence-electron chi connectivity index (χ2n) is 8.13. The number of fused-ring (bicyclic) bond motifs is 1. The van der Waals surface area contributed by atoms with Gasteiger partial charge in [-0.15, -0.1) is 11.8 Å². The van der Waals surface area contributed by atoms with Crippen molar-refractivity contribution in [1.82, 2.24) is 14.5 Å². The summed E-state index contributed by atoms with van der Waals surface area (Å²) in [4.78, 5) is 35.0. The van der Waals surface area contributed by atoms with Gasteiger partial charge in [0.1, 0.15) is 23.1 Å². The zero-order valence-corrected chi connectivity index (χ0v) is 21.2. The number of nitrogens with zero attached hydrogens (tertiary/aromatic N) is 5. The predicted molar refractivity (Wildman–Crippen MR) is 142 cm³/mol. The molecule has 3 aromatic rings. The maximum atomic E-state index is 13.8. The summed E-state index contributed by atoms with van der Waals surface area (Å²) in [5, 5.41) is 10.9. The average Bonchev–Trinajstić information content (AvgIpc) is 2.88. The van der Waals surface area contributed by atoms with Crippen LogP contribution in [0.25, 0.3) is 11.0 Å². The van der Waals surface area contributed by atoms with Crippen molar-refractivity contribution >= 4 is 46.0 Å². The highest BCUT2D eigenvalue weighted by Gasteiger charge is 2.28. The standard InChI is InChI=1S/C26H23ClFN5O2S/c1-3-5-22(36-2)26(35)32-10-8-31(9-11-32)23-20-13-18(27)15-30-24(20)33(25(34)21(23)14-29)16-17-6-4-7-19(28)12-17/h3-7,12-13,15H,1,8-11,16H2,2H3/b22-5-. The summed E-state index contributed by atoms with van der Waals surface area (Å²) < 4.78 is 15.1. The topological polar surface area (TPSA) is 82.2 Å². The molecule has 0 N–H and O–H groups in total. The van der Waals surface area contributed by atoms with E-state index in [9.17, 15) is 19.2 Å². The van der Waals surface area contributed by atoms with Crippen LogP contribution in [0.15, 0.2) is 65.0 Å². The summed E-state index contributed by atoms with van der Waals surface area (Å²) >= 11 is 7.63. The number of rotatable bonds is 6. The summed E-state index contributed by atoms with van der Waals surface area (Å²) in [7, 11) is 0. The summed E-state index contributed by atoms with van der Waals surface area (Å²) in [5.41, 5.74) is 0.799. The Hall–Kier alpha value is -3.61. The first-order valence-corrected chi connectivity index (χ1v) is 12.8. The van der Waals surface area contributed by atoms with Gasteiger partial charge >= 0.3 is 0 Å². The van der Waals surface area contributed by atoms with Crippen molar-refractivity contribution in [3.05, 3.63) is 92.5 Å². The molecule has 184 valence electrons. The number of hydrogen-bond donors (Lipinski definition) is 0. The second-order valence-corrected chi connectivity index (χ2v) is 9.42. The van der Waals surface area contributed by atoms with Crippen LogP contribution in [-0.4, -0.2) is 52.8 Å². The lowest BCUT2D eigenvalue weighted by molar-refractivity contribution is -0.126. The molecule has 1 aliphatic rings. The molecule has 1 amide bonds. The molecule has 0 spiro atoms. The van der Waals surface area contributed by atoms with Crippen molar-refractivity contribution in [2.75, 3.05) is 37.3 Å². The minimum Gasteiger partial charge on any atom is -0.366 e. The zero-order valence-electron chi connectivity index (χ0n) is 19.6. The van der Waals surface area contributed by atoms with Gasteiger partial charge in [0.25, 0.3) is 11.5 Å². The molecule has 0 saturated carbocycles. The summed E-state index contributed by atoms with van der Waals surface area (Å²) in [5.74, 6) is -0.499. The Morgan fingerprint density at radius 3 is 2.69 bits per heavy atom. The third kappa shape index (κ3) is 5.01. The number of nitriles is 1. The van der Waals surface area contributed by atoms with Crippen LogP contribution in [0.3, 0.4) is 0 Å². The van der Waals surface area contributed by atoms with Crippen molar-refractivity contribution in [1.29, 1.82) is 5.26 Å². The van der Waals surface area contributed by atoms with E-state index in [4.69, 9.17) is 11.6 Å². The van der Waals surface area contributed by atoms with Crippen LogP contribution in [0, 0.1) is 17.1 Å². The Balaban J connectivity index is 1.75. The van der Waals surface area contributed by atoms with Gasteiger partial charge in [0.2, 0.25) is 0 Å². The molecular weight excluding hydrogens is 501 g/mol. The number of piperazine rings is 1. The number of pyridine rings is 2. The molecule has 0 unspecified atom stereocenters. The van der Waals surface area contributed by atoms with Gasteiger partial charge in [0.15, 0.2) is 0 Å². The van der Waals surface area contributed by atoms with Gasteiger partial charge in [-0.3, -0.25) is 14.2 Å². The van der Waals surface area contributed by atoms with Crippen LogP contribution >= 0.6 is 23.4 Å². The van der Waals surface area contributed by atoms with E-state index in [-0.39, 0.29) is 18.0 Å².